The number of benzene rings is 1. The maximum Gasteiger partial charge on any atom is 0.264 e. The molecule has 1 aromatic heterocycles. The van der Waals surface area contributed by atoms with Gasteiger partial charge >= 0.3 is 0 Å². The maximum atomic E-state index is 12.9. The molecule has 1 fully saturated rings. The lowest BCUT2D eigenvalue weighted by Crippen LogP contribution is -2.67. The highest BCUT2D eigenvalue weighted by Gasteiger charge is 2.51. The highest BCUT2D eigenvalue weighted by Crippen LogP contribution is 2.33. The van der Waals surface area contributed by atoms with Crippen LogP contribution in [0, 0.1) is 13.8 Å². The monoisotopic (exact) mass is 433 g/mol. The van der Waals surface area contributed by atoms with Crippen LogP contribution < -0.4 is 4.72 Å². The molecule has 1 aromatic carbocycles. The predicted octanol–water partition coefficient (Wildman–Crippen LogP) is 2.74. The lowest BCUT2D eigenvalue weighted by Gasteiger charge is -2.48. The van der Waals surface area contributed by atoms with Crippen molar-refractivity contribution in [3.63, 3.8) is 0 Å². The van der Waals surface area contributed by atoms with Crippen LogP contribution in [-0.4, -0.2) is 42.4 Å². The van der Waals surface area contributed by atoms with E-state index in [1.54, 1.807) is 32.9 Å². The van der Waals surface area contributed by atoms with Crippen LogP contribution in [0.1, 0.15) is 60.5 Å². The number of amides is 2. The van der Waals surface area contributed by atoms with Crippen molar-refractivity contribution in [1.82, 2.24) is 14.8 Å². The van der Waals surface area contributed by atoms with Crippen molar-refractivity contribution in [1.29, 1.82) is 0 Å². The van der Waals surface area contributed by atoms with Crippen molar-refractivity contribution in [2.75, 3.05) is 6.54 Å². The number of sulfonamides is 1. The Hall–Kier alpha value is -2.68. The number of hydrogen-bond acceptors (Lipinski definition) is 6. The third kappa shape index (κ3) is 3.98. The Morgan fingerprint density at radius 1 is 1.23 bits per heavy atom. The Morgan fingerprint density at radius 3 is 2.40 bits per heavy atom. The number of carbonyl (C=O) groups excluding carboxylic acids is 2. The number of hydrogen-bond donors (Lipinski definition) is 1. The number of aryl methyl sites for hydroxylation is 3. The molecule has 8 nitrogen and oxygen atoms in total. The second-order valence-electron chi connectivity index (χ2n) is 7.86. The molecule has 9 heteroatoms. The number of unbranched alkanes of at least 4 members (excludes halogenated alkanes) is 1. The van der Waals surface area contributed by atoms with Crippen molar-refractivity contribution >= 4 is 21.8 Å². The highest BCUT2D eigenvalue weighted by molar-refractivity contribution is 7.90. The third-order valence-corrected chi connectivity index (χ3v) is 7.03. The van der Waals surface area contributed by atoms with Gasteiger partial charge in [0.05, 0.1) is 10.6 Å². The van der Waals surface area contributed by atoms with E-state index in [9.17, 15) is 18.0 Å². The number of nitrogens with one attached hydrogen (secondary N) is 1. The van der Waals surface area contributed by atoms with Crippen molar-refractivity contribution in [3.8, 4) is 0 Å². The summed E-state index contributed by atoms with van der Waals surface area (Å²) in [5.41, 5.74) is 0.521. The molecule has 1 saturated heterocycles. The number of aromatic nitrogens is 1. The fourth-order valence-corrected chi connectivity index (χ4v) is 4.63. The van der Waals surface area contributed by atoms with Gasteiger partial charge in [0.25, 0.3) is 21.8 Å². The molecule has 2 amide bonds. The lowest BCUT2D eigenvalue weighted by molar-refractivity contribution is -0.135. The van der Waals surface area contributed by atoms with Gasteiger partial charge in [-0.15, -0.1) is 0 Å². The number of nitrogens with zero attached hydrogens (tertiary/aromatic N) is 2. The molecular weight excluding hydrogens is 406 g/mol. The number of likely N-dealkylation sites (tertiary alicyclic amines) is 1. The molecule has 2 aromatic rings. The van der Waals surface area contributed by atoms with Crippen LogP contribution in [0.2, 0.25) is 0 Å². The summed E-state index contributed by atoms with van der Waals surface area (Å²) < 4.78 is 32.6. The summed E-state index contributed by atoms with van der Waals surface area (Å²) in [7, 11) is -4.04. The van der Waals surface area contributed by atoms with E-state index in [1.807, 2.05) is 0 Å². The fourth-order valence-electron chi connectivity index (χ4n) is 3.55. The average molecular weight is 434 g/mol. The Kier molecular flexibility index (Phi) is 6.03. The van der Waals surface area contributed by atoms with Crippen LogP contribution in [-0.2, 0) is 21.2 Å². The number of carbonyl (C=O) groups is 2. The van der Waals surface area contributed by atoms with E-state index in [-0.39, 0.29) is 4.90 Å². The topological polar surface area (TPSA) is 110 Å². The molecule has 0 bridgehead atoms. The minimum Gasteiger partial charge on any atom is -0.361 e. The molecule has 1 unspecified atom stereocenters. The second kappa shape index (κ2) is 8.22. The van der Waals surface area contributed by atoms with Crippen LogP contribution in [0.3, 0.4) is 0 Å². The quantitative estimate of drug-likeness (QED) is 0.719. The zero-order valence-corrected chi connectivity index (χ0v) is 18.5. The van der Waals surface area contributed by atoms with Crippen molar-refractivity contribution in [2.45, 2.75) is 63.8 Å². The zero-order chi connectivity index (χ0) is 22.1. The number of rotatable bonds is 7. The smallest absolute Gasteiger partial charge is 0.264 e. The Labute approximate surface area is 176 Å². The van der Waals surface area contributed by atoms with Gasteiger partial charge in [0.2, 0.25) is 0 Å². The predicted molar refractivity (Wildman–Crippen MR) is 110 cm³/mol. The molecule has 0 spiro atoms. The van der Waals surface area contributed by atoms with Gasteiger partial charge in [0.1, 0.15) is 16.9 Å². The van der Waals surface area contributed by atoms with Crippen LogP contribution in [0.4, 0.5) is 0 Å². The molecule has 1 atom stereocenters. The van der Waals surface area contributed by atoms with Gasteiger partial charge in [0, 0.05) is 6.54 Å². The first-order valence-corrected chi connectivity index (χ1v) is 11.5. The maximum absolute atomic E-state index is 12.9. The Balaban J connectivity index is 1.75. The van der Waals surface area contributed by atoms with Gasteiger partial charge in [0.15, 0.2) is 0 Å². The summed E-state index contributed by atoms with van der Waals surface area (Å²) in [5.74, 6) is -0.764. The molecule has 0 aliphatic carbocycles. The van der Waals surface area contributed by atoms with E-state index in [1.165, 1.54) is 17.0 Å². The van der Waals surface area contributed by atoms with E-state index < -0.39 is 27.4 Å². The molecule has 3 rings (SSSR count). The van der Waals surface area contributed by atoms with Gasteiger partial charge in [-0.1, -0.05) is 30.6 Å². The van der Waals surface area contributed by atoms with Crippen LogP contribution in [0.15, 0.2) is 33.7 Å². The van der Waals surface area contributed by atoms with Gasteiger partial charge < -0.3 is 9.42 Å². The van der Waals surface area contributed by atoms with Crippen LogP contribution >= 0.6 is 0 Å². The van der Waals surface area contributed by atoms with E-state index >= 15 is 0 Å². The molecule has 30 heavy (non-hydrogen) atoms. The summed E-state index contributed by atoms with van der Waals surface area (Å²) in [6.45, 7) is 7.27. The second-order valence-corrected chi connectivity index (χ2v) is 9.54. The first-order valence-electron chi connectivity index (χ1n) is 10.0. The van der Waals surface area contributed by atoms with E-state index in [4.69, 9.17) is 4.52 Å². The normalized spacial score (nSPS) is 18.7. The Morgan fingerprint density at radius 2 is 1.90 bits per heavy atom. The summed E-state index contributed by atoms with van der Waals surface area (Å²) in [6.07, 6.45) is 3.31. The van der Waals surface area contributed by atoms with Crippen molar-refractivity contribution < 1.29 is 22.5 Å². The summed E-state index contributed by atoms with van der Waals surface area (Å²) in [5, 5.41) is 3.78. The molecule has 1 aliphatic rings. The molecule has 1 aliphatic heterocycles. The fraction of sp³-hybridized carbons (Fsp3) is 0.476. The lowest BCUT2D eigenvalue weighted by atomic mass is 9.85. The zero-order valence-electron chi connectivity index (χ0n) is 17.7. The minimum atomic E-state index is -4.04. The standard InChI is InChI=1S/C21H27N3O5S/c1-5-6-7-16-8-10-17(11-9-16)30(27,28)23-20(26)21(4)12-13-24(21)19(25)18-14(2)22-29-15(18)3/h8-11H,5-7,12-13H2,1-4H3,(H,23,26). The van der Waals surface area contributed by atoms with Crippen LogP contribution in [0.25, 0.3) is 0 Å². The average Bonchev–Trinajstić information content (AvgIpc) is 3.02. The Bertz CT molecular complexity index is 1040. The molecule has 2 heterocycles. The van der Waals surface area contributed by atoms with Crippen LogP contribution in [0.5, 0.6) is 0 Å². The largest absolute Gasteiger partial charge is 0.361 e. The minimum absolute atomic E-state index is 0.0163. The van der Waals surface area contributed by atoms with E-state index in [0.29, 0.717) is 30.0 Å². The SMILES string of the molecule is CCCCc1ccc(S(=O)(=O)NC(=O)C2(C)CCN2C(=O)c2c(C)noc2C)cc1. The summed E-state index contributed by atoms with van der Waals surface area (Å²) in [6, 6.07) is 6.51. The van der Waals surface area contributed by atoms with E-state index in [2.05, 4.69) is 16.8 Å². The molecule has 1 N–H and O–H groups in total. The van der Waals surface area contributed by atoms with Gasteiger partial charge in [-0.25, -0.2) is 13.1 Å². The molecular formula is C21H27N3O5S. The highest BCUT2D eigenvalue weighted by atomic mass is 32.2. The third-order valence-electron chi connectivity index (χ3n) is 5.68. The summed E-state index contributed by atoms with van der Waals surface area (Å²) in [4.78, 5) is 27.2. The summed E-state index contributed by atoms with van der Waals surface area (Å²) >= 11 is 0. The van der Waals surface area contributed by atoms with Crippen molar-refractivity contribution in [3.05, 3.63) is 46.8 Å². The first kappa shape index (κ1) is 22.0. The first-order chi connectivity index (χ1) is 14.1. The van der Waals surface area contributed by atoms with Gasteiger partial charge in [-0.3, -0.25) is 9.59 Å². The van der Waals surface area contributed by atoms with Crippen molar-refractivity contribution in [2.24, 2.45) is 0 Å². The van der Waals surface area contributed by atoms with Gasteiger partial charge in [-0.05, 0) is 57.7 Å². The van der Waals surface area contributed by atoms with Gasteiger partial charge in [-0.2, -0.15) is 0 Å². The molecule has 0 saturated carbocycles. The molecule has 162 valence electrons. The van der Waals surface area contributed by atoms with E-state index in [0.717, 1.165) is 24.8 Å². The molecule has 0 radical (unpaired) electrons.